The zero-order valence-electron chi connectivity index (χ0n) is 11.2. The second kappa shape index (κ2) is 6.65. The Bertz CT molecular complexity index is 583. The van der Waals surface area contributed by atoms with Crippen LogP contribution >= 0.6 is 0 Å². The number of aromatic nitrogens is 4. The number of carbonyl (C=O) groups is 1. The normalized spacial score (nSPS) is 10.4. The minimum absolute atomic E-state index is 0.0733. The third kappa shape index (κ3) is 3.53. The molecule has 0 bridgehead atoms. The molecule has 0 saturated heterocycles. The first kappa shape index (κ1) is 14.0. The molecule has 1 N–H and O–H groups in total. The van der Waals surface area contributed by atoms with E-state index in [2.05, 4.69) is 15.5 Å². The molecule has 7 nitrogen and oxygen atoms in total. The molecule has 2 rings (SSSR count). The van der Waals surface area contributed by atoms with Gasteiger partial charge in [-0.25, -0.2) is 4.68 Å². The number of rotatable bonds is 7. The number of aryl methyl sites for hydroxylation is 1. The molecule has 2 aromatic rings. The molecule has 0 saturated carbocycles. The summed E-state index contributed by atoms with van der Waals surface area (Å²) in [5.41, 5.74) is 0.634. The number of carboxylic acid groups (broad SMARTS) is 1. The number of hydrogen-bond donors (Lipinski definition) is 1. The number of carboxylic acids is 1. The van der Waals surface area contributed by atoms with Crippen LogP contribution in [0.5, 0.6) is 5.75 Å². The van der Waals surface area contributed by atoms with Crippen molar-refractivity contribution in [2.75, 3.05) is 0 Å². The molecular formula is C13H16N4O3. The van der Waals surface area contributed by atoms with Gasteiger partial charge in [-0.2, -0.15) is 0 Å². The highest BCUT2D eigenvalue weighted by Gasteiger charge is 2.10. The lowest BCUT2D eigenvalue weighted by atomic mass is 10.1. The average molecular weight is 276 g/mol. The Hall–Kier alpha value is -2.44. The Morgan fingerprint density at radius 2 is 2.20 bits per heavy atom. The van der Waals surface area contributed by atoms with Crippen LogP contribution in [0.2, 0.25) is 0 Å². The fraction of sp³-hybridized carbons (Fsp3) is 0.385. The summed E-state index contributed by atoms with van der Waals surface area (Å²) in [6.45, 7) is 2.97. The van der Waals surface area contributed by atoms with Gasteiger partial charge in [0, 0.05) is 12.1 Å². The van der Waals surface area contributed by atoms with E-state index < -0.39 is 5.97 Å². The third-order valence-electron chi connectivity index (χ3n) is 2.71. The van der Waals surface area contributed by atoms with Crippen molar-refractivity contribution in [3.8, 4) is 5.75 Å². The molecule has 0 spiro atoms. The van der Waals surface area contributed by atoms with Crippen LogP contribution in [0, 0.1) is 0 Å². The molecule has 1 aromatic carbocycles. The molecule has 0 aliphatic rings. The van der Waals surface area contributed by atoms with Crippen molar-refractivity contribution in [1.82, 2.24) is 20.2 Å². The van der Waals surface area contributed by atoms with Crippen molar-refractivity contribution >= 4 is 5.97 Å². The van der Waals surface area contributed by atoms with E-state index in [9.17, 15) is 4.79 Å². The van der Waals surface area contributed by atoms with Gasteiger partial charge in [-0.15, -0.1) is 5.10 Å². The van der Waals surface area contributed by atoms with Crippen LogP contribution in [0.4, 0.5) is 0 Å². The molecule has 0 aliphatic carbocycles. The molecule has 0 aliphatic heterocycles. The van der Waals surface area contributed by atoms with Crippen LogP contribution in [0.25, 0.3) is 0 Å². The molecule has 0 radical (unpaired) electrons. The van der Waals surface area contributed by atoms with Crippen LogP contribution in [-0.2, 0) is 24.4 Å². The standard InChI is InChI=1S/C13H16N4O3/c1-2-7-17-12(14-15-16-17)9-20-11-6-4-3-5-10(11)8-13(18)19/h3-6H,2,7-9H2,1H3,(H,18,19). The van der Waals surface area contributed by atoms with E-state index in [0.29, 0.717) is 17.1 Å². The van der Waals surface area contributed by atoms with Gasteiger partial charge >= 0.3 is 5.97 Å². The van der Waals surface area contributed by atoms with Gasteiger partial charge in [-0.05, 0) is 22.9 Å². The number of tetrazole rings is 1. The van der Waals surface area contributed by atoms with Crippen LogP contribution in [0.3, 0.4) is 0 Å². The van der Waals surface area contributed by atoms with Gasteiger partial charge in [-0.1, -0.05) is 25.1 Å². The van der Waals surface area contributed by atoms with Crippen molar-refractivity contribution < 1.29 is 14.6 Å². The Kier molecular flexibility index (Phi) is 4.65. The van der Waals surface area contributed by atoms with Gasteiger partial charge in [-0.3, -0.25) is 4.79 Å². The summed E-state index contributed by atoms with van der Waals surface area (Å²) in [6.07, 6.45) is 0.851. The van der Waals surface area contributed by atoms with E-state index >= 15 is 0 Å². The van der Waals surface area contributed by atoms with Crippen LogP contribution in [0.15, 0.2) is 24.3 Å². The quantitative estimate of drug-likeness (QED) is 0.819. The second-order valence-electron chi connectivity index (χ2n) is 4.29. The lowest BCUT2D eigenvalue weighted by Gasteiger charge is -2.09. The minimum Gasteiger partial charge on any atom is -0.485 e. The maximum Gasteiger partial charge on any atom is 0.307 e. The topological polar surface area (TPSA) is 90.1 Å². The number of hydrogen-bond acceptors (Lipinski definition) is 5. The first-order valence-electron chi connectivity index (χ1n) is 6.38. The predicted molar refractivity (Wildman–Crippen MR) is 70.2 cm³/mol. The van der Waals surface area contributed by atoms with Crippen molar-refractivity contribution in [2.24, 2.45) is 0 Å². The van der Waals surface area contributed by atoms with Gasteiger partial charge in [0.05, 0.1) is 6.42 Å². The van der Waals surface area contributed by atoms with Crippen LogP contribution < -0.4 is 4.74 Å². The lowest BCUT2D eigenvalue weighted by Crippen LogP contribution is -2.10. The molecule has 0 amide bonds. The van der Waals surface area contributed by atoms with Crippen LogP contribution in [0.1, 0.15) is 24.7 Å². The zero-order chi connectivity index (χ0) is 14.4. The second-order valence-corrected chi connectivity index (χ2v) is 4.29. The smallest absolute Gasteiger partial charge is 0.307 e. The fourth-order valence-corrected chi connectivity index (χ4v) is 1.81. The first-order valence-corrected chi connectivity index (χ1v) is 6.38. The van der Waals surface area contributed by atoms with Crippen molar-refractivity contribution in [2.45, 2.75) is 32.9 Å². The van der Waals surface area contributed by atoms with E-state index in [4.69, 9.17) is 9.84 Å². The highest BCUT2D eigenvalue weighted by molar-refractivity contribution is 5.71. The van der Waals surface area contributed by atoms with E-state index in [-0.39, 0.29) is 13.0 Å². The van der Waals surface area contributed by atoms with Crippen molar-refractivity contribution in [1.29, 1.82) is 0 Å². The van der Waals surface area contributed by atoms with Gasteiger partial charge in [0.2, 0.25) is 0 Å². The van der Waals surface area contributed by atoms with Crippen molar-refractivity contribution in [3.63, 3.8) is 0 Å². The molecule has 7 heteroatoms. The molecule has 20 heavy (non-hydrogen) atoms. The number of aliphatic carboxylic acids is 1. The highest BCUT2D eigenvalue weighted by Crippen LogP contribution is 2.19. The third-order valence-corrected chi connectivity index (χ3v) is 2.71. The zero-order valence-corrected chi connectivity index (χ0v) is 11.2. The fourth-order valence-electron chi connectivity index (χ4n) is 1.81. The number of ether oxygens (including phenoxy) is 1. The predicted octanol–water partition coefficient (Wildman–Crippen LogP) is 1.29. The van der Waals surface area contributed by atoms with E-state index in [1.54, 1.807) is 28.9 Å². The van der Waals surface area contributed by atoms with E-state index in [0.717, 1.165) is 13.0 Å². The Morgan fingerprint density at radius 3 is 2.95 bits per heavy atom. The van der Waals surface area contributed by atoms with Gasteiger partial charge in [0.15, 0.2) is 5.82 Å². The summed E-state index contributed by atoms with van der Waals surface area (Å²) < 4.78 is 7.32. The molecule has 106 valence electrons. The maximum absolute atomic E-state index is 10.8. The summed E-state index contributed by atoms with van der Waals surface area (Å²) in [7, 11) is 0. The molecule has 1 aromatic heterocycles. The Morgan fingerprint density at radius 1 is 1.40 bits per heavy atom. The molecule has 1 heterocycles. The van der Waals surface area contributed by atoms with Gasteiger partial charge < -0.3 is 9.84 Å². The summed E-state index contributed by atoms with van der Waals surface area (Å²) in [5, 5.41) is 20.2. The Labute approximate surface area is 116 Å². The van der Waals surface area contributed by atoms with Crippen LogP contribution in [-0.4, -0.2) is 31.3 Å². The molecule has 0 atom stereocenters. The number of para-hydroxylation sites is 1. The first-order chi connectivity index (χ1) is 9.70. The molecule has 0 fully saturated rings. The number of benzene rings is 1. The molecule has 0 unspecified atom stereocenters. The number of nitrogens with zero attached hydrogens (tertiary/aromatic N) is 4. The van der Waals surface area contributed by atoms with Crippen molar-refractivity contribution in [3.05, 3.63) is 35.7 Å². The van der Waals surface area contributed by atoms with E-state index in [1.165, 1.54) is 0 Å². The maximum atomic E-state index is 10.8. The average Bonchev–Trinajstić information content (AvgIpc) is 2.85. The SMILES string of the molecule is CCCn1nnnc1COc1ccccc1CC(=O)O. The summed E-state index contributed by atoms with van der Waals surface area (Å²) in [5.74, 6) is 0.273. The largest absolute Gasteiger partial charge is 0.485 e. The van der Waals surface area contributed by atoms with Gasteiger partial charge in [0.25, 0.3) is 0 Å². The summed E-state index contributed by atoms with van der Waals surface area (Å²) >= 11 is 0. The molecular weight excluding hydrogens is 260 g/mol. The summed E-state index contributed by atoms with van der Waals surface area (Å²) in [4.78, 5) is 10.8. The Balaban J connectivity index is 2.06. The minimum atomic E-state index is -0.892. The summed E-state index contributed by atoms with van der Waals surface area (Å²) in [6, 6.07) is 7.06. The van der Waals surface area contributed by atoms with Gasteiger partial charge in [0.1, 0.15) is 12.4 Å². The lowest BCUT2D eigenvalue weighted by molar-refractivity contribution is -0.136. The highest BCUT2D eigenvalue weighted by atomic mass is 16.5. The van der Waals surface area contributed by atoms with E-state index in [1.807, 2.05) is 6.92 Å². The monoisotopic (exact) mass is 276 g/mol.